The van der Waals surface area contributed by atoms with E-state index in [0.717, 1.165) is 6.07 Å². The maximum atomic E-state index is 14.3. The first kappa shape index (κ1) is 18.4. The van der Waals surface area contributed by atoms with Crippen LogP contribution in [-0.2, 0) is 11.2 Å². The summed E-state index contributed by atoms with van der Waals surface area (Å²) in [6.45, 7) is 0. The van der Waals surface area contributed by atoms with Crippen LogP contribution in [0, 0.1) is 11.6 Å². The van der Waals surface area contributed by atoms with E-state index < -0.39 is 17.5 Å². The van der Waals surface area contributed by atoms with Gasteiger partial charge < -0.3 is 5.32 Å². The van der Waals surface area contributed by atoms with E-state index in [-0.39, 0.29) is 17.7 Å². The quantitative estimate of drug-likeness (QED) is 0.570. The van der Waals surface area contributed by atoms with Gasteiger partial charge in [-0.3, -0.25) is 4.79 Å². The van der Waals surface area contributed by atoms with E-state index in [1.165, 1.54) is 6.07 Å². The zero-order valence-electron chi connectivity index (χ0n) is 13.4. The maximum absolute atomic E-state index is 14.3. The Kier molecular flexibility index (Phi) is 5.55. The van der Waals surface area contributed by atoms with E-state index in [2.05, 4.69) is 5.32 Å². The number of hydrogen-bond acceptors (Lipinski definition) is 1. The molecule has 0 radical (unpaired) electrons. The van der Waals surface area contributed by atoms with Crippen molar-refractivity contribution in [3.63, 3.8) is 0 Å². The van der Waals surface area contributed by atoms with Crippen molar-refractivity contribution in [2.75, 3.05) is 5.32 Å². The van der Waals surface area contributed by atoms with E-state index in [4.69, 9.17) is 23.2 Å². The largest absolute Gasteiger partial charge is 0.323 e. The third-order valence-corrected chi connectivity index (χ3v) is 4.49. The molecule has 0 unspecified atom stereocenters. The number of benzene rings is 3. The van der Waals surface area contributed by atoms with Crippen LogP contribution >= 0.6 is 23.2 Å². The summed E-state index contributed by atoms with van der Waals surface area (Å²) < 4.78 is 28.0. The Morgan fingerprint density at radius 3 is 2.35 bits per heavy atom. The average Bonchev–Trinajstić information content (AvgIpc) is 2.61. The number of hydrogen-bond donors (Lipinski definition) is 1. The van der Waals surface area contributed by atoms with Gasteiger partial charge in [0.05, 0.1) is 22.2 Å². The molecule has 2 nitrogen and oxygen atoms in total. The lowest BCUT2D eigenvalue weighted by Gasteiger charge is -2.13. The summed E-state index contributed by atoms with van der Waals surface area (Å²) >= 11 is 11.8. The molecule has 132 valence electrons. The van der Waals surface area contributed by atoms with Crippen molar-refractivity contribution in [3.8, 4) is 11.1 Å². The molecule has 0 atom stereocenters. The molecule has 1 N–H and O–H groups in total. The normalized spacial score (nSPS) is 10.6. The standard InChI is InChI=1S/C20H13Cl2F2NO/c21-16-7-6-12(8-17(16)22)9-19(26)25-20-15(10-14(23)11-18(20)24)13-4-2-1-3-5-13/h1-8,10-11H,9H2,(H,25,26). The van der Waals surface area contributed by atoms with Gasteiger partial charge in [0.1, 0.15) is 11.6 Å². The van der Waals surface area contributed by atoms with Crippen molar-refractivity contribution in [2.24, 2.45) is 0 Å². The van der Waals surface area contributed by atoms with Gasteiger partial charge in [-0.05, 0) is 29.3 Å². The first-order chi connectivity index (χ1) is 12.4. The zero-order valence-corrected chi connectivity index (χ0v) is 14.9. The second-order valence-electron chi connectivity index (χ2n) is 5.65. The minimum Gasteiger partial charge on any atom is -0.323 e. The molecule has 0 aromatic heterocycles. The van der Waals surface area contributed by atoms with Crippen molar-refractivity contribution in [1.29, 1.82) is 0 Å². The predicted molar refractivity (Wildman–Crippen MR) is 101 cm³/mol. The smallest absolute Gasteiger partial charge is 0.228 e. The topological polar surface area (TPSA) is 29.1 Å². The van der Waals surface area contributed by atoms with Crippen molar-refractivity contribution in [3.05, 3.63) is 87.9 Å². The Bertz CT molecular complexity index is 962. The van der Waals surface area contributed by atoms with Crippen molar-refractivity contribution in [2.45, 2.75) is 6.42 Å². The lowest BCUT2D eigenvalue weighted by Crippen LogP contribution is -2.16. The number of carbonyl (C=O) groups excluding carboxylic acids is 1. The first-order valence-electron chi connectivity index (χ1n) is 7.72. The highest BCUT2D eigenvalue weighted by atomic mass is 35.5. The lowest BCUT2D eigenvalue weighted by molar-refractivity contribution is -0.115. The molecule has 0 heterocycles. The van der Waals surface area contributed by atoms with Gasteiger partial charge in [0.25, 0.3) is 0 Å². The van der Waals surface area contributed by atoms with Gasteiger partial charge in [0.15, 0.2) is 0 Å². The van der Waals surface area contributed by atoms with Crippen LogP contribution in [0.5, 0.6) is 0 Å². The summed E-state index contributed by atoms with van der Waals surface area (Å²) in [4.78, 5) is 12.4. The third kappa shape index (κ3) is 4.21. The molecule has 0 aliphatic carbocycles. The molecule has 1 amide bonds. The average molecular weight is 392 g/mol. The zero-order chi connectivity index (χ0) is 18.7. The van der Waals surface area contributed by atoms with Gasteiger partial charge in [-0.25, -0.2) is 8.78 Å². The summed E-state index contributed by atoms with van der Waals surface area (Å²) in [5, 5.41) is 3.24. The summed E-state index contributed by atoms with van der Waals surface area (Å²) in [5.41, 5.74) is 1.42. The predicted octanol–water partition coefficient (Wildman–Crippen LogP) is 6.12. The van der Waals surface area contributed by atoms with Crippen LogP contribution in [0.2, 0.25) is 10.0 Å². The summed E-state index contributed by atoms with van der Waals surface area (Å²) in [6.07, 6.45) is -0.0259. The van der Waals surface area contributed by atoms with Gasteiger partial charge in [0, 0.05) is 11.6 Å². The Morgan fingerprint density at radius 1 is 0.923 bits per heavy atom. The summed E-state index contributed by atoms with van der Waals surface area (Å²) in [7, 11) is 0. The fourth-order valence-corrected chi connectivity index (χ4v) is 2.89. The molecule has 0 spiro atoms. The van der Waals surface area contributed by atoms with E-state index in [1.54, 1.807) is 48.5 Å². The fraction of sp³-hybridized carbons (Fsp3) is 0.0500. The van der Waals surface area contributed by atoms with Gasteiger partial charge in [-0.2, -0.15) is 0 Å². The highest BCUT2D eigenvalue weighted by Gasteiger charge is 2.16. The molecule has 3 aromatic carbocycles. The van der Waals surface area contributed by atoms with Crippen LogP contribution in [0.1, 0.15) is 5.56 Å². The number of nitrogens with one attached hydrogen (secondary N) is 1. The van der Waals surface area contributed by atoms with Crippen LogP contribution < -0.4 is 5.32 Å². The number of rotatable bonds is 4. The third-order valence-electron chi connectivity index (χ3n) is 3.75. The maximum Gasteiger partial charge on any atom is 0.228 e. The van der Waals surface area contributed by atoms with Crippen LogP contribution in [0.4, 0.5) is 14.5 Å². The van der Waals surface area contributed by atoms with Crippen LogP contribution in [0.25, 0.3) is 11.1 Å². The molecular weight excluding hydrogens is 379 g/mol. The molecule has 6 heteroatoms. The SMILES string of the molecule is O=C(Cc1ccc(Cl)c(Cl)c1)Nc1c(F)cc(F)cc1-c1ccccc1. The van der Waals surface area contributed by atoms with Gasteiger partial charge in [-0.15, -0.1) is 0 Å². The summed E-state index contributed by atoms with van der Waals surface area (Å²) in [6, 6.07) is 15.5. The highest BCUT2D eigenvalue weighted by molar-refractivity contribution is 6.42. The minimum atomic E-state index is -0.841. The monoisotopic (exact) mass is 391 g/mol. The highest BCUT2D eigenvalue weighted by Crippen LogP contribution is 2.31. The summed E-state index contributed by atoms with van der Waals surface area (Å²) in [5.74, 6) is -2.01. The van der Waals surface area contributed by atoms with Gasteiger partial charge in [-0.1, -0.05) is 59.6 Å². The van der Waals surface area contributed by atoms with Crippen molar-refractivity contribution in [1.82, 2.24) is 0 Å². The first-order valence-corrected chi connectivity index (χ1v) is 8.48. The molecule has 26 heavy (non-hydrogen) atoms. The van der Waals surface area contributed by atoms with Gasteiger partial charge in [0.2, 0.25) is 5.91 Å². The van der Waals surface area contributed by atoms with E-state index in [1.807, 2.05) is 0 Å². The molecular formula is C20H13Cl2F2NO. The Hall–Kier alpha value is -2.43. The molecule has 0 saturated heterocycles. The molecule has 3 aromatic rings. The van der Waals surface area contributed by atoms with Crippen LogP contribution in [0.15, 0.2) is 60.7 Å². The van der Waals surface area contributed by atoms with Crippen LogP contribution in [0.3, 0.4) is 0 Å². The van der Waals surface area contributed by atoms with Crippen molar-refractivity contribution < 1.29 is 13.6 Å². The Balaban J connectivity index is 1.89. The molecule has 0 saturated carbocycles. The van der Waals surface area contributed by atoms with Crippen LogP contribution in [-0.4, -0.2) is 5.91 Å². The molecule has 0 bridgehead atoms. The number of amides is 1. The molecule has 0 aliphatic heterocycles. The molecule has 0 aliphatic rings. The van der Waals surface area contributed by atoms with E-state index in [9.17, 15) is 13.6 Å². The second-order valence-corrected chi connectivity index (χ2v) is 6.46. The number of carbonyl (C=O) groups is 1. The number of anilines is 1. The minimum absolute atomic E-state index is 0.0259. The Labute approximate surface area is 159 Å². The molecule has 0 fully saturated rings. The second kappa shape index (κ2) is 7.85. The fourth-order valence-electron chi connectivity index (χ4n) is 2.56. The van der Waals surface area contributed by atoms with Gasteiger partial charge >= 0.3 is 0 Å². The van der Waals surface area contributed by atoms with E-state index >= 15 is 0 Å². The number of halogens is 4. The lowest BCUT2D eigenvalue weighted by atomic mass is 10.0. The molecule has 3 rings (SSSR count). The van der Waals surface area contributed by atoms with E-state index in [0.29, 0.717) is 21.2 Å². The van der Waals surface area contributed by atoms with Crippen molar-refractivity contribution >= 4 is 34.8 Å². The Morgan fingerprint density at radius 2 is 1.65 bits per heavy atom.